The molecule has 2 fully saturated rings. The van der Waals surface area contributed by atoms with Gasteiger partial charge in [-0.05, 0) is 65.2 Å². The molecular weight excluding hydrogens is 397 g/mol. The van der Waals surface area contributed by atoms with E-state index in [1.807, 2.05) is 23.2 Å². The van der Waals surface area contributed by atoms with Gasteiger partial charge in [-0.2, -0.15) is 11.3 Å². The molecule has 3 atom stereocenters. The van der Waals surface area contributed by atoms with E-state index in [0.29, 0.717) is 17.4 Å². The summed E-state index contributed by atoms with van der Waals surface area (Å²) < 4.78 is 13.3. The van der Waals surface area contributed by atoms with Crippen molar-refractivity contribution in [1.29, 1.82) is 0 Å². The van der Waals surface area contributed by atoms with Gasteiger partial charge in [-0.3, -0.25) is 14.7 Å². The van der Waals surface area contributed by atoms with E-state index in [0.717, 1.165) is 38.3 Å². The van der Waals surface area contributed by atoms with Crippen LogP contribution in [-0.4, -0.2) is 46.4 Å². The predicted molar refractivity (Wildman–Crippen MR) is 116 cm³/mol. The summed E-state index contributed by atoms with van der Waals surface area (Å²) in [6, 6.07) is 14.4. The number of piperidine rings is 1. The Morgan fingerprint density at radius 2 is 2.00 bits per heavy atom. The van der Waals surface area contributed by atoms with Crippen molar-refractivity contribution in [2.75, 3.05) is 19.6 Å². The highest BCUT2D eigenvalue weighted by molar-refractivity contribution is 7.08. The SMILES string of the molecule is O=C(c1ccc(F)cc1)N1C[C@@H](c2ccsc2)[C@@H]2CN(Cc3ccccn3)CC[C@@H]21. The number of rotatable bonds is 4. The Kier molecular flexibility index (Phi) is 5.35. The highest BCUT2D eigenvalue weighted by Crippen LogP contribution is 2.42. The minimum absolute atomic E-state index is 0.0147. The van der Waals surface area contributed by atoms with Crippen molar-refractivity contribution < 1.29 is 9.18 Å². The van der Waals surface area contributed by atoms with Crippen LogP contribution in [0.25, 0.3) is 0 Å². The van der Waals surface area contributed by atoms with Gasteiger partial charge in [-0.25, -0.2) is 4.39 Å². The van der Waals surface area contributed by atoms with E-state index in [4.69, 9.17) is 0 Å². The molecule has 2 aliphatic heterocycles. The van der Waals surface area contributed by atoms with Crippen LogP contribution in [0.2, 0.25) is 0 Å². The van der Waals surface area contributed by atoms with E-state index in [2.05, 4.69) is 32.8 Å². The number of benzene rings is 1. The number of pyridine rings is 1. The quantitative estimate of drug-likeness (QED) is 0.626. The molecule has 154 valence electrons. The fraction of sp³-hybridized carbons (Fsp3) is 0.333. The normalized spacial score (nSPS) is 24.0. The van der Waals surface area contributed by atoms with E-state index in [-0.39, 0.29) is 17.8 Å². The zero-order chi connectivity index (χ0) is 20.5. The Morgan fingerprint density at radius 3 is 2.73 bits per heavy atom. The molecule has 2 aliphatic rings. The highest BCUT2D eigenvalue weighted by Gasteiger charge is 2.47. The van der Waals surface area contributed by atoms with Crippen LogP contribution in [0.3, 0.4) is 0 Å². The van der Waals surface area contributed by atoms with Crippen LogP contribution in [0.1, 0.15) is 34.0 Å². The fourth-order valence-corrected chi connectivity index (χ4v) is 5.72. The summed E-state index contributed by atoms with van der Waals surface area (Å²) in [4.78, 5) is 22.3. The molecule has 1 aromatic carbocycles. The summed E-state index contributed by atoms with van der Waals surface area (Å²) in [5.41, 5.74) is 2.97. The standard InChI is InChI=1S/C24H24FN3OS/c25-19-6-4-17(5-7-19)24(29)28-15-21(18-9-12-30-16-18)22-14-27(11-8-23(22)28)13-20-3-1-2-10-26-20/h1-7,9-10,12,16,21-23H,8,11,13-15H2/t21-,22-,23-/m0/s1. The molecule has 0 radical (unpaired) electrons. The number of fused-ring (bicyclic) bond motifs is 1. The number of nitrogens with zero attached hydrogens (tertiary/aromatic N) is 3. The van der Waals surface area contributed by atoms with Gasteiger partial charge < -0.3 is 4.90 Å². The summed E-state index contributed by atoms with van der Waals surface area (Å²) in [7, 11) is 0. The van der Waals surface area contributed by atoms with E-state index >= 15 is 0 Å². The molecule has 5 rings (SSSR count). The summed E-state index contributed by atoms with van der Waals surface area (Å²) in [6.07, 6.45) is 2.79. The molecule has 30 heavy (non-hydrogen) atoms. The minimum Gasteiger partial charge on any atom is -0.335 e. The maximum Gasteiger partial charge on any atom is 0.254 e. The molecule has 0 N–H and O–H groups in total. The van der Waals surface area contributed by atoms with Crippen LogP contribution < -0.4 is 0 Å². The Hall–Kier alpha value is -2.57. The van der Waals surface area contributed by atoms with Crippen LogP contribution in [0.5, 0.6) is 0 Å². The summed E-state index contributed by atoms with van der Waals surface area (Å²) in [6.45, 7) is 3.46. The van der Waals surface area contributed by atoms with Gasteiger partial charge in [0.15, 0.2) is 0 Å². The van der Waals surface area contributed by atoms with Gasteiger partial charge in [0.25, 0.3) is 5.91 Å². The molecular formula is C24H24FN3OS. The maximum atomic E-state index is 13.3. The first kappa shape index (κ1) is 19.4. The molecule has 2 aromatic heterocycles. The van der Waals surface area contributed by atoms with Crippen molar-refractivity contribution in [2.24, 2.45) is 5.92 Å². The Bertz CT molecular complexity index is 993. The van der Waals surface area contributed by atoms with Crippen LogP contribution in [0, 0.1) is 11.7 Å². The Balaban J connectivity index is 1.39. The molecule has 3 aromatic rings. The Labute approximate surface area is 180 Å². The third kappa shape index (κ3) is 3.77. The lowest BCUT2D eigenvalue weighted by molar-refractivity contribution is 0.0612. The van der Waals surface area contributed by atoms with Crippen LogP contribution in [-0.2, 0) is 6.54 Å². The average Bonchev–Trinajstić information content (AvgIpc) is 3.42. The topological polar surface area (TPSA) is 36.4 Å². The van der Waals surface area contributed by atoms with Crippen molar-refractivity contribution in [3.63, 3.8) is 0 Å². The van der Waals surface area contributed by atoms with Crippen molar-refractivity contribution in [1.82, 2.24) is 14.8 Å². The number of likely N-dealkylation sites (tertiary alicyclic amines) is 2. The smallest absolute Gasteiger partial charge is 0.254 e. The number of hydrogen-bond acceptors (Lipinski definition) is 4. The third-order valence-electron chi connectivity index (χ3n) is 6.45. The molecule has 0 unspecified atom stereocenters. The fourth-order valence-electron chi connectivity index (χ4n) is 5.00. The highest BCUT2D eigenvalue weighted by atomic mass is 32.1. The number of halogens is 1. The first-order valence-corrected chi connectivity index (χ1v) is 11.3. The van der Waals surface area contributed by atoms with Crippen LogP contribution >= 0.6 is 11.3 Å². The van der Waals surface area contributed by atoms with Crippen molar-refractivity contribution in [2.45, 2.75) is 24.9 Å². The summed E-state index contributed by atoms with van der Waals surface area (Å²) in [5, 5.41) is 4.33. The molecule has 4 nitrogen and oxygen atoms in total. The lowest BCUT2D eigenvalue weighted by Gasteiger charge is -2.38. The zero-order valence-electron chi connectivity index (χ0n) is 16.7. The second kappa shape index (κ2) is 8.28. The maximum absolute atomic E-state index is 13.3. The lowest BCUT2D eigenvalue weighted by atomic mass is 9.82. The van der Waals surface area contributed by atoms with Gasteiger partial charge in [0.1, 0.15) is 5.82 Å². The lowest BCUT2D eigenvalue weighted by Crippen LogP contribution is -2.47. The predicted octanol–water partition coefficient (Wildman–Crippen LogP) is 4.41. The largest absolute Gasteiger partial charge is 0.335 e. The number of aromatic nitrogens is 1. The van der Waals surface area contributed by atoms with E-state index < -0.39 is 0 Å². The minimum atomic E-state index is -0.315. The number of hydrogen-bond donors (Lipinski definition) is 0. The van der Waals surface area contributed by atoms with E-state index in [1.54, 1.807) is 23.5 Å². The molecule has 6 heteroatoms. The second-order valence-electron chi connectivity index (χ2n) is 8.20. The van der Waals surface area contributed by atoms with Gasteiger partial charge in [-0.1, -0.05) is 6.07 Å². The molecule has 0 bridgehead atoms. The van der Waals surface area contributed by atoms with Gasteiger partial charge in [-0.15, -0.1) is 0 Å². The third-order valence-corrected chi connectivity index (χ3v) is 7.15. The van der Waals surface area contributed by atoms with Gasteiger partial charge in [0.2, 0.25) is 0 Å². The first-order valence-electron chi connectivity index (χ1n) is 10.4. The molecule has 1 amide bonds. The molecule has 4 heterocycles. The first-order chi connectivity index (χ1) is 14.7. The average molecular weight is 422 g/mol. The van der Waals surface area contributed by atoms with Gasteiger partial charge >= 0.3 is 0 Å². The zero-order valence-corrected chi connectivity index (χ0v) is 17.5. The van der Waals surface area contributed by atoms with E-state index in [1.165, 1.54) is 17.7 Å². The van der Waals surface area contributed by atoms with Crippen molar-refractivity contribution in [3.8, 4) is 0 Å². The molecule has 0 saturated carbocycles. The van der Waals surface area contributed by atoms with Crippen molar-refractivity contribution >= 4 is 17.2 Å². The summed E-state index contributed by atoms with van der Waals surface area (Å²) in [5.74, 6) is 0.421. The molecule has 0 aliphatic carbocycles. The molecule has 0 spiro atoms. The number of thiophene rings is 1. The van der Waals surface area contributed by atoms with E-state index in [9.17, 15) is 9.18 Å². The number of amides is 1. The van der Waals surface area contributed by atoms with Crippen molar-refractivity contribution in [3.05, 3.63) is 88.1 Å². The second-order valence-corrected chi connectivity index (χ2v) is 8.98. The monoisotopic (exact) mass is 421 g/mol. The van der Waals surface area contributed by atoms with Gasteiger partial charge in [0, 0.05) is 55.8 Å². The van der Waals surface area contributed by atoms with Crippen LogP contribution in [0.4, 0.5) is 4.39 Å². The van der Waals surface area contributed by atoms with Gasteiger partial charge in [0.05, 0.1) is 5.69 Å². The number of carbonyl (C=O) groups is 1. The Morgan fingerprint density at radius 1 is 1.13 bits per heavy atom. The summed E-state index contributed by atoms with van der Waals surface area (Å²) >= 11 is 1.71. The number of carbonyl (C=O) groups excluding carboxylic acids is 1. The van der Waals surface area contributed by atoms with Crippen LogP contribution in [0.15, 0.2) is 65.5 Å². The molecule has 2 saturated heterocycles.